The molecule has 0 atom stereocenters. The topological polar surface area (TPSA) is 34.4 Å². The number of rotatable bonds is 3. The van der Waals surface area contributed by atoms with E-state index >= 15 is 0 Å². The van der Waals surface area contributed by atoms with Gasteiger partial charge < -0.3 is 0 Å². The molecule has 0 spiro atoms. The van der Waals surface area contributed by atoms with Gasteiger partial charge in [0.2, 0.25) is 0 Å². The first-order valence-corrected chi connectivity index (χ1v) is 7.79. The van der Waals surface area contributed by atoms with E-state index in [4.69, 9.17) is 0 Å². The van der Waals surface area contributed by atoms with Crippen LogP contribution in [0.2, 0.25) is 0 Å². The quantitative estimate of drug-likeness (QED) is 0.695. The molecule has 2 heterocycles. The summed E-state index contributed by atoms with van der Waals surface area (Å²) in [5.41, 5.74) is 0.681. The van der Waals surface area contributed by atoms with Gasteiger partial charge in [-0.3, -0.25) is 9.20 Å². The summed E-state index contributed by atoms with van der Waals surface area (Å²) in [4.78, 5) is 19.1. The number of aromatic nitrogens is 2. The molecule has 0 unspecified atom stereocenters. The number of nitrogens with zero attached hydrogens (tertiary/aromatic N) is 2. The first-order chi connectivity index (χ1) is 9.61. The van der Waals surface area contributed by atoms with Gasteiger partial charge in [-0.1, -0.05) is 0 Å². The first-order valence-electron chi connectivity index (χ1n) is 5.99. The molecule has 20 heavy (non-hydrogen) atoms. The van der Waals surface area contributed by atoms with E-state index in [9.17, 15) is 9.18 Å². The number of thioether (sulfide) groups is 1. The highest BCUT2D eigenvalue weighted by atomic mass is 32.2. The van der Waals surface area contributed by atoms with Gasteiger partial charge in [0.25, 0.3) is 5.56 Å². The molecule has 3 rings (SSSR count). The number of aryl methyl sites for hydroxylation is 1. The van der Waals surface area contributed by atoms with E-state index in [1.807, 2.05) is 6.92 Å². The summed E-state index contributed by atoms with van der Waals surface area (Å²) >= 11 is 3.03. The van der Waals surface area contributed by atoms with Gasteiger partial charge >= 0.3 is 0 Å². The van der Waals surface area contributed by atoms with Crippen LogP contribution >= 0.6 is 23.1 Å². The summed E-state index contributed by atoms with van der Waals surface area (Å²) in [6, 6.07) is 7.85. The highest BCUT2D eigenvalue weighted by molar-refractivity contribution is 7.98. The smallest absolute Gasteiger partial charge is 0.258 e. The van der Waals surface area contributed by atoms with Gasteiger partial charge in [0.15, 0.2) is 4.96 Å². The maximum Gasteiger partial charge on any atom is 0.258 e. The van der Waals surface area contributed by atoms with Gasteiger partial charge in [0.05, 0.1) is 5.69 Å². The minimum absolute atomic E-state index is 0.0611. The van der Waals surface area contributed by atoms with Crippen molar-refractivity contribution >= 4 is 28.1 Å². The Morgan fingerprint density at radius 3 is 2.85 bits per heavy atom. The molecule has 0 saturated carbocycles. The summed E-state index contributed by atoms with van der Waals surface area (Å²) in [7, 11) is 0. The van der Waals surface area contributed by atoms with Crippen LogP contribution in [-0.4, -0.2) is 9.38 Å². The van der Waals surface area contributed by atoms with Crippen molar-refractivity contribution in [1.29, 1.82) is 0 Å². The van der Waals surface area contributed by atoms with Gasteiger partial charge in [-0.2, -0.15) is 0 Å². The Morgan fingerprint density at radius 1 is 1.35 bits per heavy atom. The van der Waals surface area contributed by atoms with E-state index in [1.54, 1.807) is 28.8 Å². The van der Waals surface area contributed by atoms with Crippen molar-refractivity contribution in [2.75, 3.05) is 0 Å². The van der Waals surface area contributed by atoms with Crippen LogP contribution < -0.4 is 5.56 Å². The van der Waals surface area contributed by atoms with Gasteiger partial charge in [-0.15, -0.1) is 23.1 Å². The molecule has 6 heteroatoms. The van der Waals surface area contributed by atoms with Crippen LogP contribution in [0, 0.1) is 12.7 Å². The molecule has 3 aromatic rings. The van der Waals surface area contributed by atoms with Crippen LogP contribution in [0.3, 0.4) is 0 Å². The maximum atomic E-state index is 12.8. The molecule has 0 bridgehead atoms. The number of benzene rings is 1. The molecule has 0 aliphatic rings. The number of hydrogen-bond acceptors (Lipinski definition) is 4. The zero-order valence-corrected chi connectivity index (χ0v) is 12.3. The lowest BCUT2D eigenvalue weighted by Crippen LogP contribution is -2.12. The van der Waals surface area contributed by atoms with Gasteiger partial charge in [-0.25, -0.2) is 9.37 Å². The van der Waals surface area contributed by atoms with Crippen molar-refractivity contribution in [3.63, 3.8) is 0 Å². The van der Waals surface area contributed by atoms with Crippen molar-refractivity contribution in [2.24, 2.45) is 0 Å². The Balaban J connectivity index is 1.84. The molecular formula is C14H11FN2OS2. The molecule has 0 fully saturated rings. The van der Waals surface area contributed by atoms with Crippen LogP contribution in [0.4, 0.5) is 4.39 Å². The molecular weight excluding hydrogens is 295 g/mol. The zero-order valence-electron chi connectivity index (χ0n) is 10.7. The van der Waals surface area contributed by atoms with E-state index in [1.165, 1.54) is 35.2 Å². The van der Waals surface area contributed by atoms with Gasteiger partial charge in [0.1, 0.15) is 5.82 Å². The highest BCUT2D eigenvalue weighted by Gasteiger charge is 2.06. The Morgan fingerprint density at radius 2 is 2.10 bits per heavy atom. The lowest BCUT2D eigenvalue weighted by Gasteiger charge is -2.01. The Hall–Kier alpha value is -1.66. The molecule has 1 aromatic carbocycles. The Bertz CT molecular complexity index is 808. The number of halogens is 1. The molecule has 0 N–H and O–H groups in total. The molecule has 0 radical (unpaired) electrons. The normalized spacial score (nSPS) is 11.1. The lowest BCUT2D eigenvalue weighted by atomic mass is 10.4. The average molecular weight is 306 g/mol. The third kappa shape index (κ3) is 2.76. The van der Waals surface area contributed by atoms with Crippen molar-refractivity contribution in [2.45, 2.75) is 17.6 Å². The second-order valence-corrected chi connectivity index (χ2v) is 6.58. The summed E-state index contributed by atoms with van der Waals surface area (Å²) in [6.45, 7) is 1.95. The molecule has 0 saturated heterocycles. The van der Waals surface area contributed by atoms with Gasteiger partial charge in [0, 0.05) is 27.8 Å². The third-order valence-electron chi connectivity index (χ3n) is 2.74. The minimum atomic E-state index is -0.249. The van der Waals surface area contributed by atoms with Crippen molar-refractivity contribution in [3.8, 4) is 0 Å². The van der Waals surface area contributed by atoms with Crippen LogP contribution in [0.15, 0.2) is 46.2 Å². The van der Waals surface area contributed by atoms with Crippen LogP contribution in [-0.2, 0) is 5.75 Å². The Labute approximate surface area is 123 Å². The second kappa shape index (κ2) is 5.38. The van der Waals surface area contributed by atoms with Crippen LogP contribution in [0.25, 0.3) is 4.96 Å². The molecule has 0 aliphatic heterocycles. The summed E-state index contributed by atoms with van der Waals surface area (Å²) in [5, 5.41) is 0. The average Bonchev–Trinajstić information content (AvgIpc) is 2.79. The fraction of sp³-hybridized carbons (Fsp3) is 0.143. The van der Waals surface area contributed by atoms with E-state index in [-0.39, 0.29) is 11.4 Å². The fourth-order valence-electron chi connectivity index (χ4n) is 1.82. The molecule has 102 valence electrons. The standard InChI is InChI=1S/C14H11FN2OS2/c1-9-7-17-13(18)6-11(16-14(17)20-9)8-19-12-4-2-10(15)3-5-12/h2-7H,8H2,1H3. The third-order valence-corrected chi connectivity index (χ3v) is 4.68. The van der Waals surface area contributed by atoms with Crippen molar-refractivity contribution in [3.05, 3.63) is 63.3 Å². The van der Waals surface area contributed by atoms with Crippen LogP contribution in [0.1, 0.15) is 10.6 Å². The zero-order chi connectivity index (χ0) is 14.1. The predicted octanol–water partition coefficient (Wildman–Crippen LogP) is 3.50. The van der Waals surface area contributed by atoms with E-state index in [0.717, 1.165) is 15.5 Å². The molecule has 0 amide bonds. The molecule has 3 nitrogen and oxygen atoms in total. The summed E-state index contributed by atoms with van der Waals surface area (Å²) < 4.78 is 14.4. The number of thiazole rings is 1. The van der Waals surface area contributed by atoms with Gasteiger partial charge in [-0.05, 0) is 31.2 Å². The fourth-order valence-corrected chi connectivity index (χ4v) is 3.46. The largest absolute Gasteiger partial charge is 0.269 e. The summed E-state index contributed by atoms with van der Waals surface area (Å²) in [6.07, 6.45) is 1.80. The minimum Gasteiger partial charge on any atom is -0.269 e. The van der Waals surface area contributed by atoms with Crippen LogP contribution in [0.5, 0.6) is 0 Å². The number of hydrogen-bond donors (Lipinski definition) is 0. The maximum absolute atomic E-state index is 12.8. The second-order valence-electron chi connectivity index (χ2n) is 4.32. The number of fused-ring (bicyclic) bond motifs is 1. The van der Waals surface area contributed by atoms with E-state index < -0.39 is 0 Å². The SMILES string of the molecule is Cc1cn2c(=O)cc(CSc3ccc(F)cc3)nc2s1. The monoisotopic (exact) mass is 306 g/mol. The van der Waals surface area contributed by atoms with E-state index in [2.05, 4.69) is 4.98 Å². The Kier molecular flexibility index (Phi) is 3.58. The lowest BCUT2D eigenvalue weighted by molar-refractivity contribution is 0.626. The summed E-state index contributed by atoms with van der Waals surface area (Å²) in [5.74, 6) is 0.343. The molecule has 2 aromatic heterocycles. The van der Waals surface area contributed by atoms with E-state index in [0.29, 0.717) is 10.7 Å². The van der Waals surface area contributed by atoms with Crippen molar-refractivity contribution in [1.82, 2.24) is 9.38 Å². The highest BCUT2D eigenvalue weighted by Crippen LogP contribution is 2.22. The predicted molar refractivity (Wildman–Crippen MR) is 80.0 cm³/mol. The first kappa shape index (κ1) is 13.3. The van der Waals surface area contributed by atoms with Crippen molar-refractivity contribution < 1.29 is 4.39 Å². The molecule has 0 aliphatic carbocycles.